The number of halogens is 2. The van der Waals surface area contributed by atoms with Crippen molar-refractivity contribution in [1.29, 1.82) is 0 Å². The van der Waals surface area contributed by atoms with E-state index in [2.05, 4.69) is 31.1 Å². The second-order valence-electron chi connectivity index (χ2n) is 8.36. The van der Waals surface area contributed by atoms with Crippen LogP contribution in [-0.2, 0) is 21.4 Å². The average Bonchev–Trinajstić information content (AvgIpc) is 2.60. The van der Waals surface area contributed by atoms with E-state index in [1.807, 2.05) is 13.0 Å². The van der Waals surface area contributed by atoms with E-state index in [-0.39, 0.29) is 29.4 Å². The van der Waals surface area contributed by atoms with E-state index in [1.54, 1.807) is 0 Å². The van der Waals surface area contributed by atoms with Gasteiger partial charge in [0.2, 0.25) is 0 Å². The van der Waals surface area contributed by atoms with Gasteiger partial charge in [0.05, 0.1) is 0 Å². The number of benzene rings is 1. The fraction of sp³-hybridized carbons (Fsp3) is 0.682. The summed E-state index contributed by atoms with van der Waals surface area (Å²) in [6, 6.07) is 6.33. The van der Waals surface area contributed by atoms with Crippen molar-refractivity contribution in [1.82, 2.24) is 4.90 Å². The van der Waals surface area contributed by atoms with E-state index < -0.39 is 0 Å². The molecule has 0 saturated heterocycles. The third kappa shape index (κ3) is 4.31. The Morgan fingerprint density at radius 2 is 1.96 bits per heavy atom. The summed E-state index contributed by atoms with van der Waals surface area (Å²) in [5, 5.41) is 0.786. The summed E-state index contributed by atoms with van der Waals surface area (Å²) in [6.07, 6.45) is 8.63. The number of carbonyl (C=O) groups excluding carboxylic acids is 1. The summed E-state index contributed by atoms with van der Waals surface area (Å²) in [4.78, 5) is 14.8. The molecule has 0 N–H and O–H groups in total. The van der Waals surface area contributed by atoms with Crippen molar-refractivity contribution in [2.45, 2.75) is 75.7 Å². The molecule has 0 aromatic heterocycles. The number of ether oxygens (including phenoxy) is 1. The van der Waals surface area contributed by atoms with E-state index in [0.29, 0.717) is 6.42 Å². The van der Waals surface area contributed by atoms with Crippen molar-refractivity contribution in [2.75, 3.05) is 20.6 Å². The third-order valence-corrected chi connectivity index (χ3v) is 6.68. The van der Waals surface area contributed by atoms with Crippen LogP contribution in [0, 0.1) is 0 Å². The number of aryl methyl sites for hydroxylation is 1. The molecule has 152 valence electrons. The third-order valence-electron chi connectivity index (χ3n) is 6.44. The molecule has 1 saturated carbocycles. The van der Waals surface area contributed by atoms with Crippen LogP contribution in [0.5, 0.6) is 0 Å². The molecule has 3 nitrogen and oxygen atoms in total. The molecule has 2 unspecified atom stereocenters. The van der Waals surface area contributed by atoms with Gasteiger partial charge in [0.1, 0.15) is 5.60 Å². The lowest BCUT2D eigenvalue weighted by atomic mass is 9.53. The van der Waals surface area contributed by atoms with Crippen molar-refractivity contribution >= 4 is 30.0 Å². The first-order valence-electron chi connectivity index (χ1n) is 10.1. The summed E-state index contributed by atoms with van der Waals surface area (Å²) in [7, 11) is 4.23. The quantitative estimate of drug-likeness (QED) is 0.572. The molecular weight excluding hydrogens is 381 g/mol. The maximum absolute atomic E-state index is 12.6. The van der Waals surface area contributed by atoms with Crippen molar-refractivity contribution in [3.8, 4) is 0 Å². The minimum absolute atomic E-state index is 0. The predicted molar refractivity (Wildman–Crippen MR) is 114 cm³/mol. The van der Waals surface area contributed by atoms with Gasteiger partial charge in [-0.15, -0.1) is 12.4 Å². The number of nitrogens with zero attached hydrogens (tertiary/aromatic N) is 1. The lowest BCUT2D eigenvalue weighted by molar-refractivity contribution is -0.179. The molecule has 0 radical (unpaired) electrons. The average molecular weight is 414 g/mol. The lowest BCUT2D eigenvalue weighted by Gasteiger charge is -2.56. The maximum Gasteiger partial charge on any atom is 0.306 e. The summed E-state index contributed by atoms with van der Waals surface area (Å²) in [5.41, 5.74) is 2.24. The molecule has 1 aromatic carbocycles. The van der Waals surface area contributed by atoms with Gasteiger partial charge in [0.25, 0.3) is 0 Å². The highest BCUT2D eigenvalue weighted by atomic mass is 35.5. The van der Waals surface area contributed by atoms with Gasteiger partial charge in [0, 0.05) is 16.9 Å². The molecule has 0 bridgehead atoms. The Balaban J connectivity index is 0.00000261. The number of rotatable bonds is 6. The highest BCUT2D eigenvalue weighted by Gasteiger charge is 2.58. The Morgan fingerprint density at radius 3 is 2.67 bits per heavy atom. The highest BCUT2D eigenvalue weighted by molar-refractivity contribution is 6.30. The number of fused-ring (bicyclic) bond motifs is 3. The van der Waals surface area contributed by atoms with E-state index in [1.165, 1.54) is 17.5 Å². The Kier molecular flexibility index (Phi) is 7.63. The van der Waals surface area contributed by atoms with Crippen molar-refractivity contribution < 1.29 is 9.53 Å². The van der Waals surface area contributed by atoms with Gasteiger partial charge in [-0.1, -0.05) is 31.0 Å². The summed E-state index contributed by atoms with van der Waals surface area (Å²) >= 11 is 6.42. The monoisotopic (exact) mass is 413 g/mol. The van der Waals surface area contributed by atoms with Crippen LogP contribution >= 0.6 is 24.0 Å². The van der Waals surface area contributed by atoms with Crippen LogP contribution in [-0.4, -0.2) is 37.1 Å². The largest absolute Gasteiger partial charge is 0.458 e. The summed E-state index contributed by atoms with van der Waals surface area (Å²) in [6.45, 7) is 3.02. The molecule has 0 spiro atoms. The first kappa shape index (κ1) is 22.5. The molecule has 27 heavy (non-hydrogen) atoms. The Labute approximate surface area is 175 Å². The molecule has 0 aliphatic heterocycles. The molecule has 2 atom stereocenters. The van der Waals surface area contributed by atoms with Gasteiger partial charge in [0.15, 0.2) is 0 Å². The van der Waals surface area contributed by atoms with E-state index in [4.69, 9.17) is 16.3 Å². The normalized spacial score (nSPS) is 26.7. The Bertz CT molecular complexity index is 664. The first-order valence-corrected chi connectivity index (χ1v) is 10.5. The number of hydrogen-bond donors (Lipinski definition) is 0. The van der Waals surface area contributed by atoms with E-state index in [9.17, 15) is 4.79 Å². The van der Waals surface area contributed by atoms with Crippen LogP contribution < -0.4 is 0 Å². The van der Waals surface area contributed by atoms with E-state index in [0.717, 1.165) is 56.5 Å². The van der Waals surface area contributed by atoms with Crippen molar-refractivity contribution in [3.63, 3.8) is 0 Å². The molecule has 0 amide bonds. The zero-order valence-electron chi connectivity index (χ0n) is 16.9. The maximum atomic E-state index is 12.6. The fourth-order valence-corrected chi connectivity index (χ4v) is 5.34. The molecule has 1 aromatic rings. The van der Waals surface area contributed by atoms with Crippen LogP contribution in [0.2, 0.25) is 5.02 Å². The van der Waals surface area contributed by atoms with Crippen LogP contribution in [0.25, 0.3) is 0 Å². The van der Waals surface area contributed by atoms with Crippen LogP contribution in [0.1, 0.15) is 69.4 Å². The van der Waals surface area contributed by atoms with Crippen LogP contribution in [0.15, 0.2) is 18.2 Å². The summed E-state index contributed by atoms with van der Waals surface area (Å²) < 4.78 is 6.36. The van der Waals surface area contributed by atoms with Gasteiger partial charge in [-0.05, 0) is 88.8 Å². The van der Waals surface area contributed by atoms with Gasteiger partial charge in [-0.3, -0.25) is 4.79 Å². The number of carbonyl (C=O) groups is 1. The number of esters is 1. The smallest absolute Gasteiger partial charge is 0.306 e. The molecular formula is C22H33Cl2NO2. The first-order chi connectivity index (χ1) is 12.4. The standard InChI is InChI=1S/C22H32ClNO2.ClH/c1-4-7-20(25)26-22-12-6-5-11-21(22,14-15-24(2)3)19-16-18(23)9-8-17(19)10-13-22;/h8-9,16H,4-7,10-15H2,1-3H3;1H. The Hall–Kier alpha value is -0.770. The van der Waals surface area contributed by atoms with Gasteiger partial charge >= 0.3 is 5.97 Å². The minimum Gasteiger partial charge on any atom is -0.458 e. The predicted octanol–water partition coefficient (Wildman–Crippen LogP) is 5.55. The molecule has 1 fully saturated rings. The zero-order valence-corrected chi connectivity index (χ0v) is 18.4. The lowest BCUT2D eigenvalue weighted by Crippen LogP contribution is -2.59. The van der Waals surface area contributed by atoms with Crippen molar-refractivity contribution in [2.24, 2.45) is 0 Å². The van der Waals surface area contributed by atoms with Crippen LogP contribution in [0.4, 0.5) is 0 Å². The molecule has 2 aliphatic carbocycles. The zero-order chi connectivity index (χ0) is 18.8. The SMILES string of the molecule is CCCC(=O)OC12CCCCC1(CCN(C)C)c1cc(Cl)ccc1CC2.Cl. The van der Waals surface area contributed by atoms with E-state index >= 15 is 0 Å². The molecule has 2 aliphatic rings. The minimum atomic E-state index is -0.370. The Morgan fingerprint density at radius 1 is 1.22 bits per heavy atom. The molecule has 5 heteroatoms. The van der Waals surface area contributed by atoms with Gasteiger partial charge in [-0.25, -0.2) is 0 Å². The second-order valence-corrected chi connectivity index (χ2v) is 8.80. The molecule has 0 heterocycles. The second kappa shape index (κ2) is 9.15. The number of hydrogen-bond acceptors (Lipinski definition) is 3. The molecule has 3 rings (SSSR count). The van der Waals surface area contributed by atoms with Gasteiger partial charge in [-0.2, -0.15) is 0 Å². The van der Waals surface area contributed by atoms with Crippen molar-refractivity contribution in [3.05, 3.63) is 34.3 Å². The fourth-order valence-electron chi connectivity index (χ4n) is 5.17. The highest BCUT2D eigenvalue weighted by Crippen LogP contribution is 2.57. The van der Waals surface area contributed by atoms with Crippen LogP contribution in [0.3, 0.4) is 0 Å². The van der Waals surface area contributed by atoms with Gasteiger partial charge < -0.3 is 9.64 Å². The summed E-state index contributed by atoms with van der Waals surface area (Å²) in [5.74, 6) is -0.0332. The topological polar surface area (TPSA) is 29.5 Å².